The summed E-state index contributed by atoms with van der Waals surface area (Å²) in [6.45, 7) is 3.75. The Kier molecular flexibility index (Phi) is 6.02. The molecule has 0 saturated carbocycles. The number of carbonyl (C=O) groups excluding carboxylic acids is 2. The van der Waals surface area contributed by atoms with Crippen LogP contribution in [0, 0.1) is 13.8 Å². The SMILES string of the molecule is COc1ccc(C(=O)N/N=C2\CCCc3oc(C(=O)Nc4ccc(C)cn4)c(C)c32)cc1. The van der Waals surface area contributed by atoms with E-state index in [2.05, 4.69) is 20.8 Å². The fourth-order valence-corrected chi connectivity index (χ4v) is 3.64. The number of nitrogens with zero attached hydrogens (tertiary/aromatic N) is 2. The Balaban J connectivity index is 1.53. The Labute approximate surface area is 185 Å². The molecule has 4 rings (SSSR count). The van der Waals surface area contributed by atoms with Crippen LogP contribution in [-0.4, -0.2) is 29.6 Å². The van der Waals surface area contributed by atoms with Crippen molar-refractivity contribution in [3.05, 3.63) is 76.4 Å². The van der Waals surface area contributed by atoms with Crippen molar-refractivity contribution in [3.8, 4) is 5.75 Å². The first-order valence-electron chi connectivity index (χ1n) is 10.3. The molecule has 0 saturated heterocycles. The van der Waals surface area contributed by atoms with Crippen LogP contribution in [0.3, 0.4) is 0 Å². The van der Waals surface area contributed by atoms with E-state index in [0.29, 0.717) is 47.0 Å². The van der Waals surface area contributed by atoms with Gasteiger partial charge in [-0.3, -0.25) is 9.59 Å². The molecule has 2 amide bonds. The molecule has 0 radical (unpaired) electrons. The molecule has 0 atom stereocenters. The molecule has 8 nitrogen and oxygen atoms in total. The van der Waals surface area contributed by atoms with Crippen LogP contribution in [0.2, 0.25) is 0 Å². The summed E-state index contributed by atoms with van der Waals surface area (Å²) in [5, 5.41) is 7.12. The highest BCUT2D eigenvalue weighted by atomic mass is 16.5. The molecule has 2 aromatic heterocycles. The first-order valence-corrected chi connectivity index (χ1v) is 10.3. The average molecular weight is 432 g/mol. The molecule has 0 fully saturated rings. The second-order valence-electron chi connectivity index (χ2n) is 7.61. The molecule has 1 aromatic carbocycles. The number of aryl methyl sites for hydroxylation is 2. The van der Waals surface area contributed by atoms with Crippen LogP contribution < -0.4 is 15.5 Å². The van der Waals surface area contributed by atoms with Crippen LogP contribution in [0.5, 0.6) is 5.75 Å². The van der Waals surface area contributed by atoms with Gasteiger partial charge in [0.1, 0.15) is 17.3 Å². The van der Waals surface area contributed by atoms with Crippen molar-refractivity contribution in [2.24, 2.45) is 5.10 Å². The van der Waals surface area contributed by atoms with E-state index in [4.69, 9.17) is 9.15 Å². The minimum Gasteiger partial charge on any atom is -0.497 e. The lowest BCUT2D eigenvalue weighted by molar-refractivity contribution is 0.0953. The Hall–Kier alpha value is -3.94. The normalized spacial score (nSPS) is 14.0. The summed E-state index contributed by atoms with van der Waals surface area (Å²) in [5.74, 6) is 1.37. The van der Waals surface area contributed by atoms with Crippen molar-refractivity contribution in [3.63, 3.8) is 0 Å². The molecule has 1 aliphatic carbocycles. The molecule has 164 valence electrons. The summed E-state index contributed by atoms with van der Waals surface area (Å²) < 4.78 is 11.0. The van der Waals surface area contributed by atoms with E-state index < -0.39 is 0 Å². The molecular weight excluding hydrogens is 408 g/mol. The van der Waals surface area contributed by atoms with Gasteiger partial charge in [-0.25, -0.2) is 10.4 Å². The topological polar surface area (TPSA) is 106 Å². The first kappa shape index (κ1) is 21.3. The van der Waals surface area contributed by atoms with E-state index in [1.165, 1.54) is 0 Å². The van der Waals surface area contributed by atoms with Crippen molar-refractivity contribution in [1.29, 1.82) is 0 Å². The van der Waals surface area contributed by atoms with E-state index in [1.807, 2.05) is 19.9 Å². The van der Waals surface area contributed by atoms with Crippen LogP contribution in [0.4, 0.5) is 5.82 Å². The fourth-order valence-electron chi connectivity index (χ4n) is 3.64. The van der Waals surface area contributed by atoms with Crippen LogP contribution in [-0.2, 0) is 6.42 Å². The number of carbonyl (C=O) groups is 2. The number of pyridine rings is 1. The number of rotatable bonds is 5. The van der Waals surface area contributed by atoms with Gasteiger partial charge in [0.25, 0.3) is 11.8 Å². The van der Waals surface area contributed by atoms with Gasteiger partial charge in [0, 0.05) is 29.3 Å². The first-order chi connectivity index (χ1) is 15.5. The van der Waals surface area contributed by atoms with E-state index in [0.717, 1.165) is 17.5 Å². The van der Waals surface area contributed by atoms with Gasteiger partial charge in [-0.2, -0.15) is 5.10 Å². The van der Waals surface area contributed by atoms with Crippen molar-refractivity contribution in [2.45, 2.75) is 33.1 Å². The lowest BCUT2D eigenvalue weighted by Crippen LogP contribution is -2.22. The van der Waals surface area contributed by atoms with Gasteiger partial charge in [-0.15, -0.1) is 0 Å². The third kappa shape index (κ3) is 4.39. The number of anilines is 1. The zero-order valence-electron chi connectivity index (χ0n) is 18.2. The van der Waals surface area contributed by atoms with E-state index in [-0.39, 0.29) is 17.6 Å². The van der Waals surface area contributed by atoms with Crippen molar-refractivity contribution in [1.82, 2.24) is 10.4 Å². The lowest BCUT2D eigenvalue weighted by atomic mass is 9.93. The average Bonchev–Trinajstić information content (AvgIpc) is 3.16. The minimum absolute atomic E-state index is 0.230. The maximum Gasteiger partial charge on any atom is 0.292 e. The van der Waals surface area contributed by atoms with Crippen LogP contribution in [0.25, 0.3) is 0 Å². The molecule has 0 aliphatic heterocycles. The van der Waals surface area contributed by atoms with E-state index in [1.54, 1.807) is 43.6 Å². The van der Waals surface area contributed by atoms with Crippen LogP contribution >= 0.6 is 0 Å². The summed E-state index contributed by atoms with van der Waals surface area (Å²) in [6.07, 6.45) is 3.89. The Bertz CT molecular complexity index is 1180. The van der Waals surface area contributed by atoms with Gasteiger partial charge in [0.15, 0.2) is 5.76 Å². The molecule has 8 heteroatoms. The smallest absolute Gasteiger partial charge is 0.292 e. The molecule has 32 heavy (non-hydrogen) atoms. The summed E-state index contributed by atoms with van der Waals surface area (Å²) >= 11 is 0. The Morgan fingerprint density at radius 3 is 2.53 bits per heavy atom. The standard InChI is InChI=1S/C24H24N4O4/c1-14-7-12-20(25-13-14)26-24(30)22-15(2)21-18(5-4-6-19(21)32-22)27-28-23(29)16-8-10-17(31-3)11-9-16/h7-13H,4-6H2,1-3H3,(H,28,29)(H,25,26,30)/b27-18+. The largest absolute Gasteiger partial charge is 0.497 e. The highest BCUT2D eigenvalue weighted by Crippen LogP contribution is 2.30. The van der Waals surface area contributed by atoms with Crippen LogP contribution in [0.1, 0.15) is 56.2 Å². The highest BCUT2D eigenvalue weighted by molar-refractivity contribution is 6.09. The predicted molar refractivity (Wildman–Crippen MR) is 120 cm³/mol. The quantitative estimate of drug-likeness (QED) is 0.592. The van der Waals surface area contributed by atoms with Crippen molar-refractivity contribution < 1.29 is 18.7 Å². The number of aromatic nitrogens is 1. The van der Waals surface area contributed by atoms with Gasteiger partial charge in [0.2, 0.25) is 0 Å². The number of benzene rings is 1. The number of hydrogen-bond acceptors (Lipinski definition) is 6. The number of hydrazone groups is 1. The monoisotopic (exact) mass is 432 g/mol. The van der Waals surface area contributed by atoms with E-state index in [9.17, 15) is 9.59 Å². The van der Waals surface area contributed by atoms with Gasteiger partial charge >= 0.3 is 0 Å². The minimum atomic E-state index is -0.366. The summed E-state index contributed by atoms with van der Waals surface area (Å²) in [4.78, 5) is 29.5. The summed E-state index contributed by atoms with van der Waals surface area (Å²) in [7, 11) is 1.57. The van der Waals surface area contributed by atoms with Gasteiger partial charge < -0.3 is 14.5 Å². The number of hydrogen-bond donors (Lipinski definition) is 2. The highest BCUT2D eigenvalue weighted by Gasteiger charge is 2.28. The Morgan fingerprint density at radius 1 is 1.06 bits per heavy atom. The second kappa shape index (κ2) is 9.05. The number of amides is 2. The van der Waals surface area contributed by atoms with Crippen molar-refractivity contribution >= 4 is 23.3 Å². The lowest BCUT2D eigenvalue weighted by Gasteiger charge is -2.13. The van der Waals surface area contributed by atoms with Crippen molar-refractivity contribution in [2.75, 3.05) is 12.4 Å². The molecule has 0 spiro atoms. The molecule has 0 unspecified atom stereocenters. The molecule has 2 N–H and O–H groups in total. The van der Waals surface area contributed by atoms with Gasteiger partial charge in [-0.05, 0) is 62.6 Å². The van der Waals surface area contributed by atoms with Crippen LogP contribution in [0.15, 0.2) is 52.1 Å². The number of furan rings is 1. The van der Waals surface area contributed by atoms with E-state index >= 15 is 0 Å². The third-order valence-corrected chi connectivity index (χ3v) is 5.33. The molecule has 3 aromatic rings. The zero-order valence-corrected chi connectivity index (χ0v) is 18.2. The summed E-state index contributed by atoms with van der Waals surface area (Å²) in [6, 6.07) is 10.4. The Morgan fingerprint density at radius 2 is 1.84 bits per heavy atom. The maximum atomic E-state index is 12.8. The number of fused-ring (bicyclic) bond motifs is 1. The van der Waals surface area contributed by atoms with Gasteiger partial charge in [0.05, 0.1) is 12.8 Å². The second-order valence-corrected chi connectivity index (χ2v) is 7.61. The number of methoxy groups -OCH3 is 1. The predicted octanol–water partition coefficient (Wildman–Crippen LogP) is 4.02. The third-order valence-electron chi connectivity index (χ3n) is 5.33. The van der Waals surface area contributed by atoms with Gasteiger partial charge in [-0.1, -0.05) is 6.07 Å². The molecule has 2 heterocycles. The molecule has 0 bridgehead atoms. The molecular formula is C24H24N4O4. The molecule has 1 aliphatic rings. The number of nitrogens with one attached hydrogen (secondary N) is 2. The zero-order chi connectivity index (χ0) is 22.7. The summed E-state index contributed by atoms with van der Waals surface area (Å²) in [5.41, 5.74) is 6.27. The number of ether oxygens (including phenoxy) is 1. The maximum absolute atomic E-state index is 12.8. The fraction of sp³-hybridized carbons (Fsp3) is 0.250.